The molecule has 5 nitrogen and oxygen atoms in total. The summed E-state index contributed by atoms with van der Waals surface area (Å²) in [6, 6.07) is 13.8. The summed E-state index contributed by atoms with van der Waals surface area (Å²) < 4.78 is 5.28. The predicted molar refractivity (Wildman–Crippen MR) is 104 cm³/mol. The molecule has 6 heteroatoms. The normalized spacial score (nSPS) is 11.0. The van der Waals surface area contributed by atoms with Gasteiger partial charge in [0.1, 0.15) is 0 Å². The smallest absolute Gasteiger partial charge is 0.273 e. The van der Waals surface area contributed by atoms with Crippen LogP contribution in [0.1, 0.15) is 35.5 Å². The summed E-state index contributed by atoms with van der Waals surface area (Å²) in [5.74, 6) is 0.390. The lowest BCUT2D eigenvalue weighted by Gasteiger charge is -2.20. The van der Waals surface area contributed by atoms with Crippen LogP contribution in [-0.4, -0.2) is 29.1 Å². The Labute approximate surface area is 157 Å². The van der Waals surface area contributed by atoms with Gasteiger partial charge in [0, 0.05) is 19.2 Å². The molecule has 0 bridgehead atoms. The molecule has 26 heavy (non-hydrogen) atoms. The first-order valence-electron chi connectivity index (χ1n) is 8.79. The number of thiophene rings is 1. The van der Waals surface area contributed by atoms with Gasteiger partial charge in [0.2, 0.25) is 0 Å². The Hall–Kier alpha value is -2.44. The molecule has 1 aromatic carbocycles. The van der Waals surface area contributed by atoms with Crippen molar-refractivity contribution in [3.63, 3.8) is 0 Å². The summed E-state index contributed by atoms with van der Waals surface area (Å²) in [7, 11) is 0. The standard InChI is InChI=1S/C20H23N3O2S/c1-3-23(4-2)14-16-9-6-5-8-15(16)13-21-20(24)17-12-18(25-22-17)19-10-7-11-26-19/h5-12H,3-4,13-14H2,1-2H3,(H,21,24). The van der Waals surface area contributed by atoms with Crippen molar-refractivity contribution in [2.45, 2.75) is 26.9 Å². The maximum Gasteiger partial charge on any atom is 0.273 e. The minimum atomic E-state index is -0.228. The van der Waals surface area contributed by atoms with E-state index in [4.69, 9.17) is 4.52 Å². The maximum atomic E-state index is 12.4. The van der Waals surface area contributed by atoms with Gasteiger partial charge in [-0.1, -0.05) is 49.3 Å². The predicted octanol–water partition coefficient (Wildman–Crippen LogP) is 4.17. The molecule has 0 aliphatic carbocycles. The molecule has 2 heterocycles. The Morgan fingerprint density at radius 2 is 1.92 bits per heavy atom. The maximum absolute atomic E-state index is 12.4. The number of aromatic nitrogens is 1. The van der Waals surface area contributed by atoms with E-state index in [-0.39, 0.29) is 5.91 Å². The molecule has 0 aliphatic rings. The van der Waals surface area contributed by atoms with Crippen LogP contribution in [0.2, 0.25) is 0 Å². The van der Waals surface area contributed by atoms with Crippen LogP contribution in [0.15, 0.2) is 52.4 Å². The van der Waals surface area contributed by atoms with Gasteiger partial charge in [-0.3, -0.25) is 9.69 Å². The van der Waals surface area contributed by atoms with Gasteiger partial charge in [0.25, 0.3) is 5.91 Å². The SMILES string of the molecule is CCN(CC)Cc1ccccc1CNC(=O)c1cc(-c2cccs2)on1. The van der Waals surface area contributed by atoms with E-state index in [9.17, 15) is 4.79 Å². The fourth-order valence-electron chi connectivity index (χ4n) is 2.76. The van der Waals surface area contributed by atoms with Crippen LogP contribution in [0.25, 0.3) is 10.6 Å². The monoisotopic (exact) mass is 369 g/mol. The molecule has 3 aromatic rings. The Balaban J connectivity index is 1.65. The number of amides is 1. The molecule has 3 rings (SSSR count). The summed E-state index contributed by atoms with van der Waals surface area (Å²) in [4.78, 5) is 15.7. The second-order valence-electron chi connectivity index (χ2n) is 5.97. The number of rotatable bonds is 8. The van der Waals surface area contributed by atoms with E-state index in [0.717, 1.165) is 30.1 Å². The van der Waals surface area contributed by atoms with Gasteiger partial charge in [0.05, 0.1) is 4.88 Å². The Bertz CT molecular complexity index is 838. The van der Waals surface area contributed by atoms with Crippen LogP contribution in [-0.2, 0) is 13.1 Å². The van der Waals surface area contributed by atoms with Crippen molar-refractivity contribution in [2.24, 2.45) is 0 Å². The summed E-state index contributed by atoms with van der Waals surface area (Å²) in [5.41, 5.74) is 2.65. The Morgan fingerprint density at radius 3 is 2.62 bits per heavy atom. The van der Waals surface area contributed by atoms with Crippen molar-refractivity contribution in [3.05, 3.63) is 64.7 Å². The third-order valence-electron chi connectivity index (χ3n) is 4.35. The highest BCUT2D eigenvalue weighted by Gasteiger charge is 2.15. The molecule has 0 saturated heterocycles. The number of carbonyl (C=O) groups is 1. The highest BCUT2D eigenvalue weighted by atomic mass is 32.1. The van der Waals surface area contributed by atoms with Gasteiger partial charge in [-0.15, -0.1) is 11.3 Å². The molecule has 2 aromatic heterocycles. The summed E-state index contributed by atoms with van der Waals surface area (Å²) in [6.07, 6.45) is 0. The van der Waals surface area contributed by atoms with Crippen LogP contribution < -0.4 is 5.32 Å². The molecule has 0 fully saturated rings. The number of benzene rings is 1. The number of carbonyl (C=O) groups excluding carboxylic acids is 1. The molecule has 0 radical (unpaired) electrons. The molecule has 0 aliphatic heterocycles. The fourth-order valence-corrected chi connectivity index (χ4v) is 3.43. The lowest BCUT2D eigenvalue weighted by molar-refractivity contribution is 0.0941. The van der Waals surface area contributed by atoms with Crippen molar-refractivity contribution in [3.8, 4) is 10.6 Å². The van der Waals surface area contributed by atoms with Crippen LogP contribution in [0, 0.1) is 0 Å². The van der Waals surface area contributed by atoms with E-state index in [0.29, 0.717) is 18.0 Å². The third-order valence-corrected chi connectivity index (χ3v) is 5.24. The van der Waals surface area contributed by atoms with E-state index in [1.807, 2.05) is 29.6 Å². The minimum Gasteiger partial charge on any atom is -0.355 e. The molecule has 1 N–H and O–H groups in total. The summed E-state index contributed by atoms with van der Waals surface area (Å²) >= 11 is 1.55. The molecular weight excluding hydrogens is 346 g/mol. The van der Waals surface area contributed by atoms with Crippen LogP contribution >= 0.6 is 11.3 Å². The second-order valence-corrected chi connectivity index (χ2v) is 6.91. The number of hydrogen-bond donors (Lipinski definition) is 1. The van der Waals surface area contributed by atoms with E-state index in [1.165, 1.54) is 5.56 Å². The first kappa shape index (κ1) is 18.4. The average molecular weight is 369 g/mol. The molecule has 0 atom stereocenters. The number of nitrogens with one attached hydrogen (secondary N) is 1. The van der Waals surface area contributed by atoms with Gasteiger partial charge in [-0.05, 0) is 35.7 Å². The zero-order valence-corrected chi connectivity index (χ0v) is 15.9. The first-order valence-corrected chi connectivity index (χ1v) is 9.67. The molecule has 0 unspecified atom stereocenters. The molecule has 0 spiro atoms. The lowest BCUT2D eigenvalue weighted by Crippen LogP contribution is -2.26. The zero-order chi connectivity index (χ0) is 18.4. The van der Waals surface area contributed by atoms with Gasteiger partial charge in [-0.2, -0.15) is 0 Å². The van der Waals surface area contributed by atoms with E-state index < -0.39 is 0 Å². The minimum absolute atomic E-state index is 0.228. The van der Waals surface area contributed by atoms with Crippen molar-refractivity contribution in [1.29, 1.82) is 0 Å². The van der Waals surface area contributed by atoms with Gasteiger partial charge < -0.3 is 9.84 Å². The average Bonchev–Trinajstić information content (AvgIpc) is 3.36. The molecule has 1 amide bonds. The second kappa shape index (κ2) is 8.78. The lowest BCUT2D eigenvalue weighted by atomic mass is 10.1. The van der Waals surface area contributed by atoms with E-state index in [2.05, 4.69) is 41.4 Å². The van der Waals surface area contributed by atoms with Gasteiger partial charge in [0.15, 0.2) is 11.5 Å². The fraction of sp³-hybridized carbons (Fsp3) is 0.300. The van der Waals surface area contributed by atoms with Crippen LogP contribution in [0.4, 0.5) is 0 Å². The Morgan fingerprint density at radius 1 is 1.15 bits per heavy atom. The van der Waals surface area contributed by atoms with Crippen molar-refractivity contribution in [2.75, 3.05) is 13.1 Å². The van der Waals surface area contributed by atoms with Gasteiger partial charge >= 0.3 is 0 Å². The highest BCUT2D eigenvalue weighted by molar-refractivity contribution is 7.13. The largest absolute Gasteiger partial charge is 0.355 e. The van der Waals surface area contributed by atoms with E-state index in [1.54, 1.807) is 17.4 Å². The third kappa shape index (κ3) is 4.39. The van der Waals surface area contributed by atoms with Crippen molar-refractivity contribution in [1.82, 2.24) is 15.4 Å². The van der Waals surface area contributed by atoms with Crippen LogP contribution in [0.5, 0.6) is 0 Å². The van der Waals surface area contributed by atoms with E-state index >= 15 is 0 Å². The topological polar surface area (TPSA) is 58.4 Å². The number of hydrogen-bond acceptors (Lipinski definition) is 5. The molecular formula is C20H23N3O2S. The zero-order valence-electron chi connectivity index (χ0n) is 15.1. The molecule has 136 valence electrons. The highest BCUT2D eigenvalue weighted by Crippen LogP contribution is 2.25. The molecule has 0 saturated carbocycles. The van der Waals surface area contributed by atoms with Crippen LogP contribution in [0.3, 0.4) is 0 Å². The quantitative estimate of drug-likeness (QED) is 0.647. The number of nitrogens with zero attached hydrogens (tertiary/aromatic N) is 2. The van der Waals surface area contributed by atoms with Gasteiger partial charge in [-0.25, -0.2) is 0 Å². The van der Waals surface area contributed by atoms with Crippen molar-refractivity contribution < 1.29 is 9.32 Å². The summed E-state index contributed by atoms with van der Waals surface area (Å²) in [5, 5.41) is 8.80. The summed E-state index contributed by atoms with van der Waals surface area (Å²) in [6.45, 7) is 7.67. The first-order chi connectivity index (χ1) is 12.7. The Kier molecular flexibility index (Phi) is 6.20. The van der Waals surface area contributed by atoms with Crippen molar-refractivity contribution >= 4 is 17.2 Å².